The van der Waals surface area contributed by atoms with Crippen LogP contribution in [0.3, 0.4) is 0 Å². The molecule has 2 radical (unpaired) electrons. The molecular formula is C13H11AlN3O2S+. The molecule has 0 aliphatic rings. The van der Waals surface area contributed by atoms with E-state index in [1.165, 1.54) is 0 Å². The first-order valence-electron chi connectivity index (χ1n) is 5.88. The molecule has 0 atom stereocenters. The lowest BCUT2D eigenvalue weighted by Crippen LogP contribution is -2.56. The Bertz CT molecular complexity index is 886. The summed E-state index contributed by atoms with van der Waals surface area (Å²) in [7, 11) is -3.42. The average Bonchev–Trinajstić information content (AvgIpc) is 2.76. The van der Waals surface area contributed by atoms with E-state index in [9.17, 15) is 8.42 Å². The van der Waals surface area contributed by atoms with Gasteiger partial charge in [-0.05, 0) is 36.4 Å². The summed E-state index contributed by atoms with van der Waals surface area (Å²) < 4.78 is 24.6. The number of fused-ring (bicyclic) bond motifs is 1. The fourth-order valence-corrected chi connectivity index (χ4v) is 3.04. The van der Waals surface area contributed by atoms with E-state index >= 15 is 0 Å². The van der Waals surface area contributed by atoms with Gasteiger partial charge in [-0.3, -0.25) is 0 Å². The number of imidazole rings is 1. The van der Waals surface area contributed by atoms with Gasteiger partial charge >= 0.3 is 26.5 Å². The van der Waals surface area contributed by atoms with Crippen LogP contribution in [0.25, 0.3) is 22.4 Å². The molecule has 0 fully saturated rings. The predicted octanol–water partition coefficient (Wildman–Crippen LogP) is 0.565. The smallest absolute Gasteiger partial charge is 0.322 e. The monoisotopic (exact) mass is 300 g/mol. The molecule has 2 aromatic carbocycles. The molecule has 0 spiro atoms. The van der Waals surface area contributed by atoms with E-state index in [4.69, 9.17) is 0 Å². The van der Waals surface area contributed by atoms with Gasteiger partial charge in [0, 0.05) is 11.1 Å². The molecule has 3 rings (SSSR count). The van der Waals surface area contributed by atoms with Gasteiger partial charge in [0.05, 0.1) is 5.52 Å². The lowest BCUT2D eigenvalue weighted by molar-refractivity contribution is -0.164. The normalized spacial score (nSPS) is 11.8. The number of sulfonamides is 1. The zero-order valence-corrected chi connectivity index (χ0v) is 12.5. The van der Waals surface area contributed by atoms with E-state index in [0.717, 1.165) is 22.4 Å². The summed E-state index contributed by atoms with van der Waals surface area (Å²) in [5.74, 6) is 0.768. The summed E-state index contributed by atoms with van der Waals surface area (Å²) in [6.07, 6.45) is 0. The summed E-state index contributed by atoms with van der Waals surface area (Å²) in [5, 5.41) is 3.14. The topological polar surface area (TPSA) is 79.6 Å². The number of hydrogen-bond acceptors (Lipinski definition) is 3. The highest BCUT2D eigenvalue weighted by atomic mass is 32.2. The first kappa shape index (κ1) is 13.3. The van der Waals surface area contributed by atoms with E-state index < -0.39 is 10.0 Å². The molecule has 1 heterocycles. The second-order valence-electron chi connectivity index (χ2n) is 4.43. The van der Waals surface area contributed by atoms with Crippen LogP contribution in [0.4, 0.5) is 0 Å². The maximum Gasteiger partial charge on any atom is 0.322 e. The summed E-state index contributed by atoms with van der Waals surface area (Å²) in [6, 6.07) is 14.4. The largest absolute Gasteiger partial charge is 0.436 e. The summed E-state index contributed by atoms with van der Waals surface area (Å²) >= 11 is 2.62. The van der Waals surface area contributed by atoms with Crippen molar-refractivity contribution >= 4 is 37.6 Å². The molecule has 5 nitrogen and oxygen atoms in total. The van der Waals surface area contributed by atoms with Crippen LogP contribution in [0.5, 0.6) is 0 Å². The van der Waals surface area contributed by atoms with Crippen LogP contribution in [0.2, 0.25) is 0 Å². The van der Waals surface area contributed by atoms with Gasteiger partial charge in [-0.2, -0.15) is 8.42 Å². The zero-order valence-electron chi connectivity index (χ0n) is 10.5. The van der Waals surface area contributed by atoms with Gasteiger partial charge in [0.1, 0.15) is 10.7 Å². The van der Waals surface area contributed by atoms with Gasteiger partial charge in [-0.15, -0.1) is 0 Å². The molecule has 1 aromatic heterocycles. The van der Waals surface area contributed by atoms with Gasteiger partial charge in [0.25, 0.3) is 0 Å². The van der Waals surface area contributed by atoms with E-state index in [0.29, 0.717) is 0 Å². The second-order valence-corrected chi connectivity index (χ2v) is 6.65. The van der Waals surface area contributed by atoms with E-state index in [-0.39, 0.29) is 4.90 Å². The van der Waals surface area contributed by atoms with Crippen molar-refractivity contribution in [2.75, 3.05) is 0 Å². The molecule has 0 aliphatic carbocycles. The Morgan fingerprint density at radius 2 is 1.70 bits per heavy atom. The highest BCUT2D eigenvalue weighted by Crippen LogP contribution is 2.23. The first-order valence-corrected chi connectivity index (χ1v) is 8.05. The van der Waals surface area contributed by atoms with Crippen molar-refractivity contribution < 1.29 is 13.6 Å². The minimum absolute atomic E-state index is 0.202. The SMILES string of the molecule is [NH3+]S(=O)(=O)c1ccc(-c2nc3ccccc3[n]2[Al])cc1. The molecule has 0 aliphatic heterocycles. The Hall–Kier alpha value is -1.65. The standard InChI is InChI=1S/C13H10N3O2S.Al/c14-19(17,18)10-7-5-9(6-8-10)13-15-11-3-1-2-4-12(11)16-13;/h1-8H,(H2-,14,15,16,17,18);/q-1;+1/p+1. The lowest BCUT2D eigenvalue weighted by atomic mass is 10.2. The van der Waals surface area contributed by atoms with Crippen molar-refractivity contribution in [3.05, 3.63) is 48.5 Å². The number of para-hydroxylation sites is 2. The van der Waals surface area contributed by atoms with Gasteiger partial charge < -0.3 is 3.55 Å². The molecule has 0 bridgehead atoms. The lowest BCUT2D eigenvalue weighted by Gasteiger charge is -2.04. The molecule has 20 heavy (non-hydrogen) atoms. The zero-order chi connectivity index (χ0) is 14.3. The summed E-state index contributed by atoms with van der Waals surface area (Å²) in [4.78, 5) is 4.75. The van der Waals surface area contributed by atoms with Crippen LogP contribution in [0.1, 0.15) is 0 Å². The van der Waals surface area contributed by atoms with Crippen molar-refractivity contribution in [1.82, 2.24) is 8.53 Å². The highest BCUT2D eigenvalue weighted by Gasteiger charge is 2.13. The van der Waals surface area contributed by atoms with Gasteiger partial charge in [-0.1, -0.05) is 12.1 Å². The molecular weight excluding hydrogens is 289 g/mol. The van der Waals surface area contributed by atoms with Crippen LogP contribution < -0.4 is 5.14 Å². The third kappa shape index (κ3) is 2.25. The number of hydrogen-bond donors (Lipinski definition) is 1. The van der Waals surface area contributed by atoms with Gasteiger partial charge in [0.2, 0.25) is 0 Å². The van der Waals surface area contributed by atoms with Crippen LogP contribution >= 0.6 is 0 Å². The van der Waals surface area contributed by atoms with Crippen LogP contribution in [0, 0.1) is 0 Å². The fraction of sp³-hybridized carbons (Fsp3) is 0. The fourth-order valence-electron chi connectivity index (χ4n) is 2.06. The van der Waals surface area contributed by atoms with Crippen molar-refractivity contribution in [2.24, 2.45) is 0 Å². The second kappa shape index (κ2) is 4.72. The Morgan fingerprint density at radius 3 is 2.30 bits per heavy atom. The molecule has 7 heteroatoms. The quantitative estimate of drug-likeness (QED) is 0.703. The number of nitrogens with zero attached hydrogens (tertiary/aromatic N) is 2. The minimum Gasteiger partial charge on any atom is -0.436 e. The number of benzene rings is 2. The molecule has 0 amide bonds. The summed E-state index contributed by atoms with van der Waals surface area (Å²) in [5.41, 5.74) is 2.75. The van der Waals surface area contributed by atoms with Crippen LogP contribution in [0.15, 0.2) is 53.4 Å². The van der Waals surface area contributed by atoms with E-state index in [1.54, 1.807) is 24.3 Å². The maximum atomic E-state index is 11.4. The van der Waals surface area contributed by atoms with Crippen molar-refractivity contribution in [3.8, 4) is 11.4 Å². The Morgan fingerprint density at radius 1 is 1.05 bits per heavy atom. The number of aromatic nitrogens is 2. The van der Waals surface area contributed by atoms with Crippen molar-refractivity contribution in [2.45, 2.75) is 4.90 Å². The van der Waals surface area contributed by atoms with Crippen molar-refractivity contribution in [1.29, 1.82) is 0 Å². The predicted molar refractivity (Wildman–Crippen MR) is 76.4 cm³/mol. The third-order valence-corrected chi connectivity index (χ3v) is 4.58. The van der Waals surface area contributed by atoms with Crippen LogP contribution in [-0.4, -0.2) is 33.5 Å². The van der Waals surface area contributed by atoms with E-state index in [2.05, 4.69) is 26.6 Å². The number of quaternary nitrogens is 1. The molecule has 3 N–H and O–H groups in total. The first-order chi connectivity index (χ1) is 9.47. The molecule has 0 saturated heterocycles. The number of rotatable bonds is 2. The molecule has 98 valence electrons. The van der Waals surface area contributed by atoms with Gasteiger partial charge in [-0.25, -0.2) is 10.1 Å². The van der Waals surface area contributed by atoms with Crippen LogP contribution in [-0.2, 0) is 10.0 Å². The Balaban J connectivity index is 2.14. The minimum atomic E-state index is -3.42. The Kier molecular flexibility index (Phi) is 3.15. The summed E-state index contributed by atoms with van der Waals surface area (Å²) in [6.45, 7) is 0. The molecule has 3 aromatic rings. The third-order valence-electron chi connectivity index (χ3n) is 3.07. The highest BCUT2D eigenvalue weighted by molar-refractivity contribution is 7.84. The molecule has 0 unspecified atom stereocenters. The van der Waals surface area contributed by atoms with Crippen molar-refractivity contribution in [3.63, 3.8) is 0 Å². The Labute approximate surface area is 124 Å². The average molecular weight is 300 g/mol. The van der Waals surface area contributed by atoms with Gasteiger partial charge in [0.15, 0.2) is 0 Å². The van der Waals surface area contributed by atoms with E-state index in [1.807, 2.05) is 27.8 Å². The maximum absolute atomic E-state index is 11.4. The molecule has 0 saturated carbocycles.